The Bertz CT molecular complexity index is 820. The Morgan fingerprint density at radius 2 is 2.39 bits per heavy atom. The molecule has 1 amide bonds. The minimum absolute atomic E-state index is 0.0953. The molecule has 3 atom stereocenters. The summed E-state index contributed by atoms with van der Waals surface area (Å²) in [4.78, 5) is 20.0. The number of thiophene rings is 1. The Labute approximate surface area is 138 Å². The third-order valence-electron chi connectivity index (χ3n) is 4.57. The number of nitrogens with one attached hydrogen (secondary N) is 1. The van der Waals surface area contributed by atoms with Crippen LogP contribution in [0.2, 0.25) is 0 Å². The molecule has 118 valence electrons. The fourth-order valence-electron chi connectivity index (χ4n) is 3.44. The minimum atomic E-state index is -0.153. The van der Waals surface area contributed by atoms with Gasteiger partial charge in [-0.3, -0.25) is 9.78 Å². The van der Waals surface area contributed by atoms with Crippen molar-refractivity contribution >= 4 is 27.3 Å². The first kappa shape index (κ1) is 14.6. The maximum atomic E-state index is 12.5. The number of piperidine rings is 1. The molecule has 2 fully saturated rings. The molecule has 0 aliphatic carbocycles. The van der Waals surface area contributed by atoms with Crippen LogP contribution in [0.4, 0.5) is 0 Å². The summed E-state index contributed by atoms with van der Waals surface area (Å²) in [6.07, 6.45) is 2.89. The summed E-state index contributed by atoms with van der Waals surface area (Å²) in [5.74, 6) is 6.02. The number of pyridine rings is 1. The predicted molar refractivity (Wildman–Crippen MR) is 89.4 cm³/mol. The van der Waals surface area contributed by atoms with Crippen LogP contribution in [0, 0.1) is 17.8 Å². The van der Waals surface area contributed by atoms with Gasteiger partial charge in [0.2, 0.25) is 0 Å². The van der Waals surface area contributed by atoms with Gasteiger partial charge >= 0.3 is 0 Å². The van der Waals surface area contributed by atoms with E-state index in [4.69, 9.17) is 5.11 Å². The van der Waals surface area contributed by atoms with E-state index in [-0.39, 0.29) is 18.6 Å². The fraction of sp³-hybridized carbons (Fsp3) is 0.412. The molecule has 2 aliphatic rings. The molecule has 5 nitrogen and oxygen atoms in total. The van der Waals surface area contributed by atoms with Gasteiger partial charge in [0.25, 0.3) is 5.91 Å². The van der Waals surface area contributed by atoms with E-state index in [0.29, 0.717) is 11.6 Å². The normalized spacial score (nSPS) is 25.3. The average Bonchev–Trinajstić information content (AvgIpc) is 3.26. The smallest absolute Gasteiger partial charge is 0.270 e. The highest BCUT2D eigenvalue weighted by molar-refractivity contribution is 7.19. The molecule has 0 aromatic carbocycles. The summed E-state index contributed by atoms with van der Waals surface area (Å²) >= 11 is 1.51. The monoisotopic (exact) mass is 327 g/mol. The number of carbonyl (C=O) groups excluding carboxylic acids is 1. The van der Waals surface area contributed by atoms with Gasteiger partial charge in [0, 0.05) is 35.4 Å². The lowest BCUT2D eigenvalue weighted by molar-refractivity contribution is 0.0919. The van der Waals surface area contributed by atoms with Crippen molar-refractivity contribution in [2.24, 2.45) is 5.92 Å². The van der Waals surface area contributed by atoms with Gasteiger partial charge < -0.3 is 15.3 Å². The molecular weight excluding hydrogens is 310 g/mol. The SMILES string of the molecule is O=C(NC1CN2CCC1C2)c1cc2sc(C#CCO)cc2cn1. The van der Waals surface area contributed by atoms with Crippen molar-refractivity contribution in [1.82, 2.24) is 15.2 Å². The first-order valence-electron chi connectivity index (χ1n) is 7.75. The minimum Gasteiger partial charge on any atom is -0.384 e. The number of hydrogen-bond donors (Lipinski definition) is 2. The van der Waals surface area contributed by atoms with Crippen LogP contribution in [0.3, 0.4) is 0 Å². The van der Waals surface area contributed by atoms with Crippen LogP contribution in [0.1, 0.15) is 21.8 Å². The van der Waals surface area contributed by atoms with Crippen molar-refractivity contribution < 1.29 is 9.90 Å². The van der Waals surface area contributed by atoms with E-state index in [1.54, 1.807) is 6.20 Å². The highest BCUT2D eigenvalue weighted by Gasteiger charge is 2.38. The van der Waals surface area contributed by atoms with Crippen LogP contribution >= 0.6 is 11.3 Å². The molecule has 2 bridgehead atoms. The van der Waals surface area contributed by atoms with Crippen molar-refractivity contribution in [2.75, 3.05) is 26.2 Å². The van der Waals surface area contributed by atoms with Crippen LogP contribution < -0.4 is 5.32 Å². The standard InChI is InChI=1S/C17H17N3O2S/c21-5-1-2-13-6-12-8-18-14(7-16(12)23-13)17(22)19-15-10-20-4-3-11(15)9-20/h6-8,11,15,21H,3-5,9-10H2,(H,19,22). The number of aromatic nitrogens is 1. The Kier molecular flexibility index (Phi) is 3.77. The molecular formula is C17H17N3O2S. The first-order valence-corrected chi connectivity index (χ1v) is 8.57. The topological polar surface area (TPSA) is 65.5 Å². The zero-order chi connectivity index (χ0) is 15.8. The Hall–Kier alpha value is -1.94. The van der Waals surface area contributed by atoms with Crippen LogP contribution in [-0.2, 0) is 0 Å². The summed E-state index contributed by atoms with van der Waals surface area (Å²) in [6.45, 7) is 3.07. The van der Waals surface area contributed by atoms with Crippen molar-refractivity contribution in [1.29, 1.82) is 0 Å². The maximum absolute atomic E-state index is 12.5. The van der Waals surface area contributed by atoms with Gasteiger partial charge in [-0.25, -0.2) is 0 Å². The van der Waals surface area contributed by atoms with Crippen LogP contribution in [0.5, 0.6) is 0 Å². The molecule has 2 aromatic rings. The van der Waals surface area contributed by atoms with Crippen molar-refractivity contribution in [3.8, 4) is 11.8 Å². The molecule has 0 spiro atoms. The molecule has 2 aromatic heterocycles. The van der Waals surface area contributed by atoms with Crippen LogP contribution in [-0.4, -0.2) is 53.2 Å². The number of hydrogen-bond acceptors (Lipinski definition) is 5. The highest BCUT2D eigenvalue weighted by Crippen LogP contribution is 2.28. The van der Waals surface area contributed by atoms with E-state index in [9.17, 15) is 4.79 Å². The first-order chi connectivity index (χ1) is 11.2. The number of aliphatic hydroxyl groups is 1. The molecule has 23 heavy (non-hydrogen) atoms. The summed E-state index contributed by atoms with van der Waals surface area (Å²) in [7, 11) is 0. The third kappa shape index (κ3) is 2.83. The Balaban J connectivity index is 1.52. The number of aliphatic hydroxyl groups excluding tert-OH is 1. The van der Waals surface area contributed by atoms with Crippen LogP contribution in [0.25, 0.3) is 10.1 Å². The van der Waals surface area contributed by atoms with Gasteiger partial charge in [0.15, 0.2) is 0 Å². The molecule has 4 heterocycles. The maximum Gasteiger partial charge on any atom is 0.270 e. The molecule has 2 saturated heterocycles. The van der Waals surface area contributed by atoms with E-state index < -0.39 is 0 Å². The molecule has 0 saturated carbocycles. The van der Waals surface area contributed by atoms with Gasteiger partial charge in [0.05, 0.1) is 4.88 Å². The molecule has 2 aliphatic heterocycles. The highest BCUT2D eigenvalue weighted by atomic mass is 32.1. The average molecular weight is 327 g/mol. The van der Waals surface area contributed by atoms with E-state index in [1.165, 1.54) is 17.8 Å². The van der Waals surface area contributed by atoms with E-state index in [1.807, 2.05) is 12.1 Å². The molecule has 3 unspecified atom stereocenters. The van der Waals surface area contributed by atoms with Gasteiger partial charge in [-0.2, -0.15) is 0 Å². The van der Waals surface area contributed by atoms with Gasteiger partial charge in [0.1, 0.15) is 12.3 Å². The summed E-state index contributed by atoms with van der Waals surface area (Å²) < 4.78 is 0.990. The van der Waals surface area contributed by atoms with Crippen molar-refractivity contribution in [3.05, 3.63) is 28.9 Å². The third-order valence-corrected chi connectivity index (χ3v) is 5.59. The van der Waals surface area contributed by atoms with Gasteiger partial charge in [-0.1, -0.05) is 11.8 Å². The second-order valence-corrected chi connectivity index (χ2v) is 7.15. The molecule has 2 N–H and O–H groups in total. The van der Waals surface area contributed by atoms with E-state index >= 15 is 0 Å². The largest absolute Gasteiger partial charge is 0.384 e. The van der Waals surface area contributed by atoms with Crippen LogP contribution in [0.15, 0.2) is 18.3 Å². The number of amides is 1. The van der Waals surface area contributed by atoms with E-state index in [2.05, 4.69) is 27.0 Å². The zero-order valence-corrected chi connectivity index (χ0v) is 13.4. The Morgan fingerprint density at radius 1 is 1.48 bits per heavy atom. The van der Waals surface area contributed by atoms with Crippen molar-refractivity contribution in [3.63, 3.8) is 0 Å². The number of rotatable bonds is 2. The van der Waals surface area contributed by atoms with Gasteiger partial charge in [-0.05, 0) is 31.0 Å². The quantitative estimate of drug-likeness (QED) is 0.810. The summed E-state index contributed by atoms with van der Waals surface area (Å²) in [5, 5.41) is 12.9. The summed E-state index contributed by atoms with van der Waals surface area (Å²) in [6, 6.07) is 4.01. The number of nitrogens with zero attached hydrogens (tertiary/aromatic N) is 2. The lowest BCUT2D eigenvalue weighted by Gasteiger charge is -2.22. The number of carbonyl (C=O) groups is 1. The van der Waals surface area contributed by atoms with Crippen molar-refractivity contribution in [2.45, 2.75) is 12.5 Å². The van der Waals surface area contributed by atoms with Gasteiger partial charge in [-0.15, -0.1) is 11.3 Å². The second kappa shape index (κ2) is 5.93. The zero-order valence-electron chi connectivity index (χ0n) is 12.6. The predicted octanol–water partition coefficient (Wildman–Crippen LogP) is 1.07. The molecule has 4 rings (SSSR count). The number of fused-ring (bicyclic) bond motifs is 3. The van der Waals surface area contributed by atoms with E-state index in [0.717, 1.165) is 34.6 Å². The molecule has 6 heteroatoms. The summed E-state index contributed by atoms with van der Waals surface area (Å²) in [5.41, 5.74) is 0.457. The Morgan fingerprint density at radius 3 is 3.13 bits per heavy atom. The fourth-order valence-corrected chi connectivity index (χ4v) is 4.38. The second-order valence-electron chi connectivity index (χ2n) is 6.07. The molecule has 0 radical (unpaired) electrons. The lowest BCUT2D eigenvalue weighted by Crippen LogP contribution is -2.43. The lowest BCUT2D eigenvalue weighted by atomic mass is 10.00.